The molecule has 0 bridgehead atoms. The Morgan fingerprint density at radius 2 is 2.04 bits per heavy atom. The number of aromatic nitrogens is 3. The van der Waals surface area contributed by atoms with E-state index >= 15 is 0 Å². The number of likely N-dealkylation sites (tertiary alicyclic amines) is 1. The molecule has 0 radical (unpaired) electrons. The number of carbonyl (C=O) groups excluding carboxylic acids is 1. The average molecular weight is 358 g/mol. The third-order valence-electron chi connectivity index (χ3n) is 5.47. The Kier molecular flexibility index (Phi) is 4.18. The van der Waals surface area contributed by atoms with Crippen LogP contribution in [-0.2, 0) is 4.79 Å². The maximum absolute atomic E-state index is 14.5. The van der Waals surface area contributed by atoms with Crippen molar-refractivity contribution in [2.75, 3.05) is 0 Å². The highest BCUT2D eigenvalue weighted by molar-refractivity contribution is 5.97. The molecule has 136 valence electrons. The molecule has 4 rings (SSSR count). The molecule has 7 nitrogen and oxygen atoms in total. The van der Waals surface area contributed by atoms with Crippen LogP contribution in [0.1, 0.15) is 42.5 Å². The molecule has 1 saturated carbocycles. The minimum absolute atomic E-state index is 0.0737. The van der Waals surface area contributed by atoms with E-state index in [4.69, 9.17) is 0 Å². The molecule has 1 amide bonds. The van der Waals surface area contributed by atoms with Crippen LogP contribution in [0.25, 0.3) is 5.69 Å². The van der Waals surface area contributed by atoms with Crippen molar-refractivity contribution in [1.29, 1.82) is 0 Å². The number of hydrogen-bond acceptors (Lipinski definition) is 4. The zero-order chi connectivity index (χ0) is 18.3. The largest absolute Gasteiger partial charge is 0.480 e. The van der Waals surface area contributed by atoms with E-state index in [1.165, 1.54) is 34.4 Å². The molecular formula is C18H19FN4O3. The molecule has 2 fully saturated rings. The van der Waals surface area contributed by atoms with Gasteiger partial charge in [0.1, 0.15) is 30.2 Å². The van der Waals surface area contributed by atoms with E-state index < -0.39 is 23.7 Å². The number of carboxylic acids is 1. The van der Waals surface area contributed by atoms with Crippen molar-refractivity contribution in [3.63, 3.8) is 0 Å². The highest BCUT2D eigenvalue weighted by atomic mass is 19.1. The predicted octanol–water partition coefficient (Wildman–Crippen LogP) is 2.26. The summed E-state index contributed by atoms with van der Waals surface area (Å²) in [6.07, 6.45) is 6.94. The summed E-state index contributed by atoms with van der Waals surface area (Å²) < 4.78 is 15.7. The molecule has 2 aliphatic rings. The molecule has 2 heterocycles. The highest BCUT2D eigenvalue weighted by Crippen LogP contribution is 2.40. The van der Waals surface area contributed by atoms with Gasteiger partial charge in [0.15, 0.2) is 0 Å². The summed E-state index contributed by atoms with van der Waals surface area (Å²) in [5.41, 5.74) is 0.342. The second-order valence-electron chi connectivity index (χ2n) is 6.92. The van der Waals surface area contributed by atoms with Crippen molar-refractivity contribution in [2.45, 2.75) is 44.2 Å². The Morgan fingerprint density at radius 1 is 1.23 bits per heavy atom. The van der Waals surface area contributed by atoms with Crippen molar-refractivity contribution in [2.24, 2.45) is 5.92 Å². The second-order valence-corrected chi connectivity index (χ2v) is 6.92. The monoisotopic (exact) mass is 358 g/mol. The molecule has 3 unspecified atom stereocenters. The number of rotatable bonds is 3. The number of aliphatic carboxylic acids is 1. The van der Waals surface area contributed by atoms with Crippen molar-refractivity contribution in [3.8, 4) is 5.69 Å². The van der Waals surface area contributed by atoms with Crippen LogP contribution in [0.2, 0.25) is 0 Å². The van der Waals surface area contributed by atoms with Gasteiger partial charge in [-0.3, -0.25) is 4.79 Å². The number of halogens is 1. The molecule has 1 aliphatic carbocycles. The van der Waals surface area contributed by atoms with E-state index in [2.05, 4.69) is 10.1 Å². The Morgan fingerprint density at radius 3 is 2.73 bits per heavy atom. The van der Waals surface area contributed by atoms with Crippen molar-refractivity contribution in [3.05, 3.63) is 42.2 Å². The number of carbonyl (C=O) groups is 2. The van der Waals surface area contributed by atoms with Crippen LogP contribution in [0.5, 0.6) is 0 Å². The van der Waals surface area contributed by atoms with Crippen LogP contribution in [0, 0.1) is 11.7 Å². The first-order valence-corrected chi connectivity index (χ1v) is 8.76. The van der Waals surface area contributed by atoms with Crippen LogP contribution in [-0.4, -0.2) is 48.7 Å². The van der Waals surface area contributed by atoms with Gasteiger partial charge in [-0.2, -0.15) is 5.10 Å². The van der Waals surface area contributed by atoms with Gasteiger partial charge in [-0.25, -0.2) is 18.9 Å². The topological polar surface area (TPSA) is 88.3 Å². The van der Waals surface area contributed by atoms with Gasteiger partial charge in [0.05, 0.1) is 0 Å². The quantitative estimate of drug-likeness (QED) is 0.909. The average Bonchev–Trinajstić information content (AvgIpc) is 3.28. The molecule has 1 aromatic heterocycles. The number of hydrogen-bond donors (Lipinski definition) is 1. The molecular weight excluding hydrogens is 339 g/mol. The molecule has 1 saturated heterocycles. The molecule has 1 aliphatic heterocycles. The first-order valence-electron chi connectivity index (χ1n) is 8.76. The lowest BCUT2D eigenvalue weighted by atomic mass is 9.84. The molecule has 1 N–H and O–H groups in total. The second kappa shape index (κ2) is 6.51. The van der Waals surface area contributed by atoms with Gasteiger partial charge in [0.2, 0.25) is 0 Å². The smallest absolute Gasteiger partial charge is 0.326 e. The number of amides is 1. The maximum Gasteiger partial charge on any atom is 0.326 e. The molecule has 8 heteroatoms. The number of benzene rings is 1. The van der Waals surface area contributed by atoms with Gasteiger partial charge in [0.25, 0.3) is 5.91 Å². The molecule has 2 aromatic rings. The summed E-state index contributed by atoms with van der Waals surface area (Å²) in [4.78, 5) is 30.0. The third-order valence-corrected chi connectivity index (χ3v) is 5.47. The van der Waals surface area contributed by atoms with Crippen LogP contribution in [0.15, 0.2) is 30.9 Å². The lowest BCUT2D eigenvalue weighted by molar-refractivity contribution is -0.141. The van der Waals surface area contributed by atoms with Crippen molar-refractivity contribution < 1.29 is 19.1 Å². The Balaban J connectivity index is 1.65. The van der Waals surface area contributed by atoms with E-state index in [9.17, 15) is 19.1 Å². The van der Waals surface area contributed by atoms with Crippen molar-refractivity contribution >= 4 is 11.9 Å². The molecule has 1 aromatic carbocycles. The lowest BCUT2D eigenvalue weighted by Gasteiger charge is -2.33. The number of carboxylic acid groups (broad SMARTS) is 1. The Hall–Kier alpha value is -2.77. The predicted molar refractivity (Wildman–Crippen MR) is 89.3 cm³/mol. The normalized spacial score (nSPS) is 25.1. The Bertz CT molecular complexity index is 839. The van der Waals surface area contributed by atoms with E-state index in [0.29, 0.717) is 6.42 Å². The summed E-state index contributed by atoms with van der Waals surface area (Å²) in [6.45, 7) is 0. The lowest BCUT2D eigenvalue weighted by Crippen LogP contribution is -2.46. The van der Waals surface area contributed by atoms with Crippen molar-refractivity contribution in [1.82, 2.24) is 19.7 Å². The Labute approximate surface area is 149 Å². The van der Waals surface area contributed by atoms with Gasteiger partial charge < -0.3 is 10.0 Å². The third kappa shape index (κ3) is 2.75. The first-order chi connectivity index (χ1) is 12.6. The summed E-state index contributed by atoms with van der Waals surface area (Å²) >= 11 is 0. The fourth-order valence-corrected chi connectivity index (χ4v) is 4.28. The summed E-state index contributed by atoms with van der Waals surface area (Å²) in [6, 6.07) is 3.21. The van der Waals surface area contributed by atoms with Crippen LogP contribution in [0.4, 0.5) is 4.39 Å². The van der Waals surface area contributed by atoms with Gasteiger partial charge in [-0.15, -0.1) is 0 Å². The highest BCUT2D eigenvalue weighted by Gasteiger charge is 2.47. The number of fused-ring (bicyclic) bond motifs is 1. The van der Waals surface area contributed by atoms with Gasteiger partial charge in [0, 0.05) is 11.6 Å². The molecule has 26 heavy (non-hydrogen) atoms. The van der Waals surface area contributed by atoms with E-state index in [0.717, 1.165) is 31.7 Å². The summed E-state index contributed by atoms with van der Waals surface area (Å²) in [7, 11) is 0. The zero-order valence-corrected chi connectivity index (χ0v) is 14.1. The summed E-state index contributed by atoms with van der Waals surface area (Å²) in [5, 5.41) is 13.4. The minimum atomic E-state index is -0.993. The molecule has 3 atom stereocenters. The van der Waals surface area contributed by atoms with Crippen LogP contribution < -0.4 is 0 Å². The molecule has 0 spiro atoms. The first kappa shape index (κ1) is 16.7. The van der Waals surface area contributed by atoms with Crippen LogP contribution >= 0.6 is 0 Å². The van der Waals surface area contributed by atoms with Gasteiger partial charge in [-0.05, 0) is 43.4 Å². The number of nitrogens with zero attached hydrogens (tertiary/aromatic N) is 4. The van der Waals surface area contributed by atoms with E-state index in [1.54, 1.807) is 0 Å². The maximum atomic E-state index is 14.5. The zero-order valence-electron chi connectivity index (χ0n) is 14.1. The van der Waals surface area contributed by atoms with E-state index in [-0.39, 0.29) is 23.2 Å². The van der Waals surface area contributed by atoms with Gasteiger partial charge in [-0.1, -0.05) is 12.8 Å². The van der Waals surface area contributed by atoms with E-state index in [1.807, 2.05) is 0 Å². The SMILES string of the molecule is O=C(O)C1CC2CCCCC2N1C(=O)c1ccc(-n2cncn2)c(F)c1. The summed E-state index contributed by atoms with van der Waals surface area (Å²) in [5.74, 6) is -1.80. The fourth-order valence-electron chi connectivity index (χ4n) is 4.28. The van der Waals surface area contributed by atoms with Gasteiger partial charge >= 0.3 is 5.97 Å². The van der Waals surface area contributed by atoms with Crippen LogP contribution in [0.3, 0.4) is 0 Å². The fraction of sp³-hybridized carbons (Fsp3) is 0.444. The standard InChI is InChI=1S/C18H19FN4O3/c19-13-7-12(5-6-15(13)22-10-20-9-21-22)17(24)23-14-4-2-1-3-11(14)8-16(23)18(25)26/h5-7,9-11,14,16H,1-4,8H2,(H,25,26). The minimum Gasteiger partial charge on any atom is -0.480 e.